The third-order valence-corrected chi connectivity index (χ3v) is 1.76. The van der Waals surface area contributed by atoms with Crippen molar-refractivity contribution < 1.29 is 0 Å². The Morgan fingerprint density at radius 3 is 3.10 bits per heavy atom. The molecule has 4 heteroatoms. The smallest absolute Gasteiger partial charge is 0.104 e. The molecule has 0 unspecified atom stereocenters. The van der Waals surface area contributed by atoms with E-state index in [1.165, 1.54) is 11.9 Å². The Morgan fingerprint density at radius 2 is 2.60 bits per heavy atom. The molecule has 0 radical (unpaired) electrons. The molecule has 0 bridgehead atoms. The zero-order valence-corrected chi connectivity index (χ0v) is 6.82. The number of hydrogen-bond acceptors (Lipinski definition) is 3. The van der Waals surface area contributed by atoms with Gasteiger partial charge < -0.3 is 4.90 Å². The van der Waals surface area contributed by atoms with E-state index in [-0.39, 0.29) is 0 Å². The molecule has 0 aromatic rings. The van der Waals surface area contributed by atoms with Gasteiger partial charge in [0, 0.05) is 19.2 Å². The van der Waals surface area contributed by atoms with Gasteiger partial charge in [-0.2, -0.15) is 0 Å². The number of likely N-dealkylation sites (tertiary alicyclic amines) is 1. The van der Waals surface area contributed by atoms with Gasteiger partial charge in [-0.05, 0) is 18.4 Å². The third kappa shape index (κ3) is 1.73. The van der Waals surface area contributed by atoms with Crippen molar-refractivity contribution >= 4 is 24.1 Å². The molecule has 1 rings (SSSR count). The molecule has 0 aromatic carbocycles. The SMILES string of the molecule is CS/N=C/N1CCCC1=N. The first-order valence-corrected chi connectivity index (χ1v) is 4.43. The first-order valence-electron chi connectivity index (χ1n) is 3.25. The van der Waals surface area contributed by atoms with Crippen LogP contribution in [0.4, 0.5) is 0 Å². The van der Waals surface area contributed by atoms with Crippen LogP contribution < -0.4 is 0 Å². The highest BCUT2D eigenvalue weighted by molar-refractivity contribution is 7.97. The molecule has 0 amide bonds. The molecule has 10 heavy (non-hydrogen) atoms. The fourth-order valence-electron chi connectivity index (χ4n) is 0.927. The van der Waals surface area contributed by atoms with Gasteiger partial charge in [-0.15, -0.1) is 0 Å². The molecule has 0 atom stereocenters. The minimum atomic E-state index is 0.692. The number of nitrogens with one attached hydrogen (secondary N) is 1. The second-order valence-corrected chi connectivity index (χ2v) is 2.72. The molecule has 0 spiro atoms. The Hall–Kier alpha value is -0.510. The van der Waals surface area contributed by atoms with Crippen molar-refractivity contribution in [2.75, 3.05) is 12.8 Å². The summed E-state index contributed by atoms with van der Waals surface area (Å²) in [6, 6.07) is 0. The number of rotatable bonds is 2. The molecular formula is C6H11N3S. The first-order chi connectivity index (χ1) is 4.84. The van der Waals surface area contributed by atoms with Crippen LogP contribution in [-0.4, -0.2) is 29.9 Å². The second kappa shape index (κ2) is 3.61. The monoisotopic (exact) mass is 157 g/mol. The summed E-state index contributed by atoms with van der Waals surface area (Å²) in [4.78, 5) is 1.89. The molecule has 0 aromatic heterocycles. The van der Waals surface area contributed by atoms with Crippen LogP contribution >= 0.6 is 11.9 Å². The lowest BCUT2D eigenvalue weighted by Gasteiger charge is -2.08. The summed E-state index contributed by atoms with van der Waals surface area (Å²) < 4.78 is 3.98. The molecule has 0 aliphatic carbocycles. The highest BCUT2D eigenvalue weighted by Gasteiger charge is 2.13. The van der Waals surface area contributed by atoms with Crippen LogP contribution in [0.15, 0.2) is 4.40 Å². The normalized spacial score (nSPS) is 19.3. The van der Waals surface area contributed by atoms with E-state index >= 15 is 0 Å². The molecule has 1 aliphatic rings. The van der Waals surface area contributed by atoms with Crippen molar-refractivity contribution in [3.05, 3.63) is 0 Å². The standard InChI is InChI=1S/C6H11N3S/c1-10-8-5-9-4-2-3-6(9)7/h5,7H,2-4H2,1H3/b7-6?,8-5+. The summed E-state index contributed by atoms with van der Waals surface area (Å²) in [6.07, 6.45) is 5.65. The van der Waals surface area contributed by atoms with Crippen LogP contribution in [0.5, 0.6) is 0 Å². The van der Waals surface area contributed by atoms with Crippen molar-refractivity contribution in [3.63, 3.8) is 0 Å². The van der Waals surface area contributed by atoms with Crippen LogP contribution in [0.3, 0.4) is 0 Å². The number of nitrogens with zero attached hydrogens (tertiary/aromatic N) is 2. The summed E-state index contributed by atoms with van der Waals surface area (Å²) in [5.41, 5.74) is 0. The van der Waals surface area contributed by atoms with Crippen molar-refractivity contribution in [2.45, 2.75) is 12.8 Å². The summed E-state index contributed by atoms with van der Waals surface area (Å²) in [7, 11) is 0. The van der Waals surface area contributed by atoms with Crippen molar-refractivity contribution in [2.24, 2.45) is 4.40 Å². The number of amidine groups is 1. The van der Waals surface area contributed by atoms with Gasteiger partial charge in [0.1, 0.15) is 12.2 Å². The summed E-state index contributed by atoms with van der Waals surface area (Å²) >= 11 is 1.42. The highest BCUT2D eigenvalue weighted by Crippen LogP contribution is 2.07. The van der Waals surface area contributed by atoms with Gasteiger partial charge in [0.15, 0.2) is 0 Å². The average Bonchev–Trinajstić information content (AvgIpc) is 2.31. The maximum Gasteiger partial charge on any atom is 0.104 e. The maximum absolute atomic E-state index is 7.41. The van der Waals surface area contributed by atoms with Gasteiger partial charge in [0.05, 0.1) is 0 Å². The molecular weight excluding hydrogens is 146 g/mol. The Labute approximate surface area is 65.2 Å². The van der Waals surface area contributed by atoms with E-state index < -0.39 is 0 Å². The number of hydrogen-bond donors (Lipinski definition) is 1. The molecule has 56 valence electrons. The largest absolute Gasteiger partial charge is 0.321 e. The minimum Gasteiger partial charge on any atom is -0.321 e. The minimum absolute atomic E-state index is 0.692. The topological polar surface area (TPSA) is 39.5 Å². The summed E-state index contributed by atoms with van der Waals surface area (Å²) in [6.45, 7) is 0.961. The van der Waals surface area contributed by atoms with Gasteiger partial charge in [-0.1, -0.05) is 0 Å². The fourth-order valence-corrected chi connectivity index (χ4v) is 1.13. The van der Waals surface area contributed by atoms with Crippen LogP contribution in [0, 0.1) is 5.41 Å². The van der Waals surface area contributed by atoms with E-state index in [9.17, 15) is 0 Å². The zero-order valence-electron chi connectivity index (χ0n) is 6.00. The Bertz CT molecular complexity index is 155. The maximum atomic E-state index is 7.41. The van der Waals surface area contributed by atoms with E-state index in [2.05, 4.69) is 4.40 Å². The predicted octanol–water partition coefficient (Wildman–Crippen LogP) is 1.37. The van der Waals surface area contributed by atoms with Crippen molar-refractivity contribution in [3.8, 4) is 0 Å². The van der Waals surface area contributed by atoms with E-state index in [1.54, 1.807) is 6.34 Å². The second-order valence-electron chi connectivity index (χ2n) is 2.15. The molecule has 1 fully saturated rings. The lowest BCUT2D eigenvalue weighted by Crippen LogP contribution is -2.21. The Kier molecular flexibility index (Phi) is 2.74. The first kappa shape index (κ1) is 7.60. The van der Waals surface area contributed by atoms with Gasteiger partial charge in [-0.3, -0.25) is 5.41 Å². The Balaban J connectivity index is 2.40. The van der Waals surface area contributed by atoms with Crippen LogP contribution in [-0.2, 0) is 0 Å². The molecule has 1 heterocycles. The zero-order chi connectivity index (χ0) is 7.40. The molecule has 0 saturated carbocycles. The van der Waals surface area contributed by atoms with E-state index in [0.717, 1.165) is 19.4 Å². The average molecular weight is 157 g/mol. The summed E-state index contributed by atoms with van der Waals surface area (Å²) in [5, 5.41) is 7.41. The third-order valence-electron chi connectivity index (χ3n) is 1.45. The van der Waals surface area contributed by atoms with Gasteiger partial charge >= 0.3 is 0 Å². The lowest BCUT2D eigenvalue weighted by molar-refractivity contribution is 0.671. The predicted molar refractivity (Wildman–Crippen MR) is 45.7 cm³/mol. The quantitative estimate of drug-likeness (QED) is 0.373. The molecule has 3 nitrogen and oxygen atoms in total. The van der Waals surface area contributed by atoms with Crippen LogP contribution in [0.1, 0.15) is 12.8 Å². The Morgan fingerprint density at radius 1 is 1.80 bits per heavy atom. The van der Waals surface area contributed by atoms with Gasteiger partial charge in [0.2, 0.25) is 0 Å². The van der Waals surface area contributed by atoms with Gasteiger partial charge in [-0.25, -0.2) is 4.40 Å². The fraction of sp³-hybridized carbons (Fsp3) is 0.667. The van der Waals surface area contributed by atoms with E-state index in [1.807, 2.05) is 11.2 Å². The molecule has 1 aliphatic heterocycles. The van der Waals surface area contributed by atoms with Gasteiger partial charge in [0.25, 0.3) is 0 Å². The lowest BCUT2D eigenvalue weighted by atomic mass is 10.4. The highest BCUT2D eigenvalue weighted by atomic mass is 32.2. The summed E-state index contributed by atoms with van der Waals surface area (Å²) in [5.74, 6) is 0.692. The van der Waals surface area contributed by atoms with Crippen LogP contribution in [0.2, 0.25) is 0 Å². The molecule has 1 N–H and O–H groups in total. The van der Waals surface area contributed by atoms with Crippen LogP contribution in [0.25, 0.3) is 0 Å². The van der Waals surface area contributed by atoms with E-state index in [0.29, 0.717) is 5.84 Å². The van der Waals surface area contributed by atoms with E-state index in [4.69, 9.17) is 5.41 Å². The molecule has 1 saturated heterocycles. The van der Waals surface area contributed by atoms with Crippen molar-refractivity contribution in [1.82, 2.24) is 4.90 Å². The van der Waals surface area contributed by atoms with Crippen molar-refractivity contribution in [1.29, 1.82) is 5.41 Å².